The average Bonchev–Trinajstić information content (AvgIpc) is 3.23. The van der Waals surface area contributed by atoms with Gasteiger partial charge in [0, 0.05) is 6.42 Å². The van der Waals surface area contributed by atoms with E-state index in [-0.39, 0.29) is 12.5 Å². The van der Waals surface area contributed by atoms with Crippen LogP contribution in [0.4, 0.5) is 0 Å². The third kappa shape index (κ3) is 43.4. The van der Waals surface area contributed by atoms with Gasteiger partial charge in [0.1, 0.15) is 0 Å². The highest BCUT2D eigenvalue weighted by Gasteiger charge is 2.17. The molecule has 0 bridgehead atoms. The molecule has 0 rings (SSSR count). The number of aliphatic hydroxyl groups is 2. The summed E-state index contributed by atoms with van der Waals surface area (Å²) >= 11 is 0. The maximum Gasteiger partial charge on any atom is 0.220 e. The molecule has 0 fully saturated rings. The topological polar surface area (TPSA) is 69.6 Å². The Hall–Kier alpha value is -3.73. The quantitative estimate of drug-likeness (QED) is 0.0429. The number of hydrogen-bond acceptors (Lipinski definition) is 3. The fourth-order valence-electron chi connectivity index (χ4n) is 5.79. The SMILES string of the molecule is CC/C=C\C/C=C\C/C=C\C/C=C\C/C=C\C/C=C\C/C=C\C/C=C\C/C=C\CCCCCCCC(=O)NC(CO)C(O)/C=C/CC/C=C/CC/C=C/CCCCC. The van der Waals surface area contributed by atoms with Gasteiger partial charge in [0.05, 0.1) is 18.8 Å². The lowest BCUT2D eigenvalue weighted by atomic mass is 10.1. The molecule has 0 spiro atoms. The summed E-state index contributed by atoms with van der Waals surface area (Å²) in [5.41, 5.74) is 0. The van der Waals surface area contributed by atoms with Gasteiger partial charge < -0.3 is 15.5 Å². The minimum Gasteiger partial charge on any atom is -0.394 e. The van der Waals surface area contributed by atoms with E-state index in [0.29, 0.717) is 6.42 Å². The van der Waals surface area contributed by atoms with Gasteiger partial charge in [0.25, 0.3) is 0 Å². The van der Waals surface area contributed by atoms with Crippen molar-refractivity contribution in [3.8, 4) is 0 Å². The Morgan fingerprint density at radius 1 is 0.431 bits per heavy atom. The number of amides is 1. The third-order valence-corrected chi connectivity index (χ3v) is 9.28. The van der Waals surface area contributed by atoms with Crippen LogP contribution in [0.5, 0.6) is 0 Å². The van der Waals surface area contributed by atoms with Gasteiger partial charge in [-0.2, -0.15) is 0 Å². The second-order valence-corrected chi connectivity index (χ2v) is 14.7. The van der Waals surface area contributed by atoms with E-state index in [1.165, 1.54) is 32.1 Å². The predicted molar refractivity (Wildman–Crippen MR) is 257 cm³/mol. The Labute approximate surface area is 357 Å². The van der Waals surface area contributed by atoms with Gasteiger partial charge in [-0.3, -0.25) is 4.79 Å². The maximum absolute atomic E-state index is 12.4. The van der Waals surface area contributed by atoms with Gasteiger partial charge >= 0.3 is 0 Å². The number of nitrogens with one attached hydrogen (secondary N) is 1. The van der Waals surface area contributed by atoms with Crippen molar-refractivity contribution in [3.05, 3.63) is 146 Å². The summed E-state index contributed by atoms with van der Waals surface area (Å²) in [7, 11) is 0. The molecule has 3 N–H and O–H groups in total. The monoisotopic (exact) mass is 796 g/mol. The summed E-state index contributed by atoms with van der Waals surface area (Å²) in [6.45, 7) is 4.11. The lowest BCUT2D eigenvalue weighted by Crippen LogP contribution is -2.45. The first-order valence-corrected chi connectivity index (χ1v) is 23.0. The molecule has 0 radical (unpaired) electrons. The molecule has 0 aliphatic carbocycles. The number of unbranched alkanes of at least 4 members (excludes halogenated alkanes) is 10. The average molecular weight is 796 g/mol. The van der Waals surface area contributed by atoms with Crippen molar-refractivity contribution in [2.45, 2.75) is 180 Å². The van der Waals surface area contributed by atoms with Crippen molar-refractivity contribution in [2.75, 3.05) is 6.61 Å². The predicted octanol–water partition coefficient (Wildman–Crippen LogP) is 14.9. The maximum atomic E-state index is 12.4. The fraction of sp³-hybridized carbons (Fsp3) is 0.537. The van der Waals surface area contributed by atoms with E-state index in [4.69, 9.17) is 0 Å². The van der Waals surface area contributed by atoms with Crippen molar-refractivity contribution in [3.63, 3.8) is 0 Å². The van der Waals surface area contributed by atoms with Crippen LogP contribution in [0, 0.1) is 0 Å². The summed E-state index contributed by atoms with van der Waals surface area (Å²) in [6, 6.07) is -0.666. The van der Waals surface area contributed by atoms with Crippen molar-refractivity contribution in [2.24, 2.45) is 0 Å². The zero-order valence-electron chi connectivity index (χ0n) is 37.0. The Balaban J connectivity index is 3.75. The highest BCUT2D eigenvalue weighted by molar-refractivity contribution is 5.76. The Kier molecular flexibility index (Phi) is 44.6. The summed E-state index contributed by atoms with van der Waals surface area (Å²) in [6.07, 6.45) is 76.7. The molecule has 0 saturated heterocycles. The summed E-state index contributed by atoms with van der Waals surface area (Å²) in [5, 5.41) is 22.9. The van der Waals surface area contributed by atoms with Crippen molar-refractivity contribution < 1.29 is 15.0 Å². The fourth-order valence-corrected chi connectivity index (χ4v) is 5.79. The number of hydrogen-bond donors (Lipinski definition) is 3. The van der Waals surface area contributed by atoms with Gasteiger partial charge in [-0.25, -0.2) is 0 Å². The van der Waals surface area contributed by atoms with E-state index < -0.39 is 12.1 Å². The summed E-state index contributed by atoms with van der Waals surface area (Å²) in [5.74, 6) is -0.106. The zero-order valence-corrected chi connectivity index (χ0v) is 37.0. The lowest BCUT2D eigenvalue weighted by Gasteiger charge is -2.19. The molecule has 0 aromatic carbocycles. The van der Waals surface area contributed by atoms with E-state index in [2.05, 4.69) is 153 Å². The molecule has 2 atom stereocenters. The van der Waals surface area contributed by atoms with Crippen LogP contribution in [-0.2, 0) is 4.79 Å². The Morgan fingerprint density at radius 2 is 0.776 bits per heavy atom. The van der Waals surface area contributed by atoms with Crippen LogP contribution >= 0.6 is 0 Å². The molecular weight excluding hydrogens is 711 g/mol. The second-order valence-electron chi connectivity index (χ2n) is 14.7. The molecule has 324 valence electrons. The van der Waals surface area contributed by atoms with Crippen LogP contribution in [0.1, 0.15) is 168 Å². The van der Waals surface area contributed by atoms with Gasteiger partial charge in [-0.15, -0.1) is 0 Å². The van der Waals surface area contributed by atoms with Gasteiger partial charge in [-0.1, -0.05) is 192 Å². The molecule has 0 aliphatic rings. The molecule has 0 aromatic rings. The molecule has 0 aliphatic heterocycles. The van der Waals surface area contributed by atoms with Crippen LogP contribution in [0.25, 0.3) is 0 Å². The molecule has 4 heteroatoms. The largest absolute Gasteiger partial charge is 0.394 e. The second kappa shape index (κ2) is 47.6. The van der Waals surface area contributed by atoms with Gasteiger partial charge in [0.2, 0.25) is 5.91 Å². The summed E-state index contributed by atoms with van der Waals surface area (Å²) in [4.78, 5) is 12.4. The zero-order chi connectivity index (χ0) is 42.1. The number of rotatable bonds is 39. The molecular formula is C54H85NO3. The minimum atomic E-state index is -0.888. The van der Waals surface area contributed by atoms with Gasteiger partial charge in [0.15, 0.2) is 0 Å². The third-order valence-electron chi connectivity index (χ3n) is 9.28. The minimum absolute atomic E-state index is 0.106. The first-order chi connectivity index (χ1) is 28.7. The highest BCUT2D eigenvalue weighted by atomic mass is 16.3. The highest BCUT2D eigenvalue weighted by Crippen LogP contribution is 2.09. The number of allylic oxidation sites excluding steroid dienone is 23. The van der Waals surface area contributed by atoms with Crippen LogP contribution in [-0.4, -0.2) is 34.9 Å². The molecule has 2 unspecified atom stereocenters. The standard InChI is InChI=1S/C54H85NO3/c1-3-5-7-9-11-13-15-17-18-19-20-21-22-23-24-25-26-27-28-29-30-31-32-33-34-35-36-38-40-42-44-46-48-50-54(58)55-52(51-56)53(57)49-47-45-43-41-39-37-16-14-12-10-8-6-4-2/h5,7,11-14,17-18,20-21,23-24,26-27,29-30,32-33,35-36,39,41,47,49,52-53,56-57H,3-4,6,8-10,15-16,19,22,25,28,31,34,37-38,40,42-46,48,50-51H2,1-2H3,(H,55,58)/b7-5-,13-11-,14-12+,18-17-,21-20-,24-23-,27-26-,30-29-,33-32-,36-35-,41-39+,49-47+. The van der Waals surface area contributed by atoms with Crippen LogP contribution in [0.15, 0.2) is 146 Å². The molecule has 58 heavy (non-hydrogen) atoms. The molecule has 4 nitrogen and oxygen atoms in total. The Morgan fingerprint density at radius 3 is 1.21 bits per heavy atom. The van der Waals surface area contributed by atoms with Crippen LogP contribution < -0.4 is 5.32 Å². The van der Waals surface area contributed by atoms with E-state index in [0.717, 1.165) is 116 Å². The summed E-state index contributed by atoms with van der Waals surface area (Å²) < 4.78 is 0. The lowest BCUT2D eigenvalue weighted by molar-refractivity contribution is -0.123. The number of aliphatic hydroxyl groups excluding tert-OH is 2. The van der Waals surface area contributed by atoms with E-state index in [1.54, 1.807) is 6.08 Å². The smallest absolute Gasteiger partial charge is 0.220 e. The molecule has 1 amide bonds. The van der Waals surface area contributed by atoms with Crippen molar-refractivity contribution >= 4 is 5.91 Å². The number of carbonyl (C=O) groups excluding carboxylic acids is 1. The van der Waals surface area contributed by atoms with Gasteiger partial charge in [-0.05, 0) is 116 Å². The Bertz CT molecular complexity index is 1270. The first kappa shape index (κ1) is 54.3. The normalized spacial score (nSPS) is 14.3. The van der Waals surface area contributed by atoms with Crippen LogP contribution in [0.2, 0.25) is 0 Å². The first-order valence-electron chi connectivity index (χ1n) is 23.0. The van der Waals surface area contributed by atoms with Crippen molar-refractivity contribution in [1.29, 1.82) is 0 Å². The van der Waals surface area contributed by atoms with Crippen LogP contribution in [0.3, 0.4) is 0 Å². The van der Waals surface area contributed by atoms with E-state index in [1.807, 2.05) is 6.08 Å². The molecule has 0 saturated carbocycles. The molecule has 0 heterocycles. The number of carbonyl (C=O) groups is 1. The molecule has 0 aromatic heterocycles. The van der Waals surface area contributed by atoms with Crippen molar-refractivity contribution in [1.82, 2.24) is 5.32 Å². The van der Waals surface area contributed by atoms with E-state index in [9.17, 15) is 15.0 Å². The van der Waals surface area contributed by atoms with E-state index >= 15 is 0 Å².